The zero-order valence-electron chi connectivity index (χ0n) is 8.69. The summed E-state index contributed by atoms with van der Waals surface area (Å²) >= 11 is 1.57. The summed E-state index contributed by atoms with van der Waals surface area (Å²) in [6.45, 7) is 4.47. The first-order valence-corrected chi connectivity index (χ1v) is 6.02. The number of nitrogens with zero attached hydrogens (tertiary/aromatic N) is 1. The molecule has 1 aromatic rings. The molecule has 1 saturated heterocycles. The predicted octanol–water partition coefficient (Wildman–Crippen LogP) is 0.615. The van der Waals surface area contributed by atoms with Crippen molar-refractivity contribution in [2.75, 3.05) is 13.1 Å². The van der Waals surface area contributed by atoms with E-state index >= 15 is 0 Å². The van der Waals surface area contributed by atoms with Gasteiger partial charge in [-0.1, -0.05) is 6.92 Å². The average Bonchev–Trinajstić information content (AvgIpc) is 2.63. The van der Waals surface area contributed by atoms with Crippen LogP contribution in [0.5, 0.6) is 0 Å². The zero-order valence-corrected chi connectivity index (χ0v) is 9.51. The first-order valence-electron chi connectivity index (χ1n) is 5.14. The van der Waals surface area contributed by atoms with Crippen LogP contribution in [0.2, 0.25) is 0 Å². The van der Waals surface area contributed by atoms with Crippen molar-refractivity contribution in [3.05, 3.63) is 16.6 Å². The Morgan fingerprint density at radius 2 is 2.60 bits per heavy atom. The molecule has 1 fully saturated rings. The molecule has 0 bridgehead atoms. The van der Waals surface area contributed by atoms with Crippen molar-refractivity contribution in [1.29, 1.82) is 0 Å². The molecule has 1 unspecified atom stereocenters. The smallest absolute Gasteiger partial charge is 0.223 e. The predicted molar refractivity (Wildman–Crippen MR) is 59.5 cm³/mol. The van der Waals surface area contributed by atoms with Crippen LogP contribution >= 0.6 is 11.3 Å². The fraction of sp³-hybridized carbons (Fsp3) is 0.600. The lowest BCUT2D eigenvalue weighted by Gasteiger charge is -2.31. The van der Waals surface area contributed by atoms with Gasteiger partial charge in [-0.25, -0.2) is 4.98 Å². The van der Waals surface area contributed by atoms with Crippen LogP contribution in [0.15, 0.2) is 11.6 Å². The van der Waals surface area contributed by atoms with Crippen molar-refractivity contribution in [2.45, 2.75) is 13.5 Å². The molecule has 15 heavy (non-hydrogen) atoms. The Kier molecular flexibility index (Phi) is 3.33. The highest BCUT2D eigenvalue weighted by Crippen LogP contribution is 2.16. The maximum Gasteiger partial charge on any atom is 0.223 e. The molecule has 82 valence electrons. The molecular weight excluding hydrogens is 210 g/mol. The second-order valence-corrected chi connectivity index (χ2v) is 4.83. The molecule has 5 heteroatoms. The van der Waals surface area contributed by atoms with Gasteiger partial charge in [0.05, 0.1) is 6.54 Å². The summed E-state index contributed by atoms with van der Waals surface area (Å²) in [5.41, 5.74) is 0. The Morgan fingerprint density at radius 3 is 3.13 bits per heavy atom. The number of amides is 1. The molecule has 1 aliphatic heterocycles. The topological polar surface area (TPSA) is 54.0 Å². The molecule has 0 spiro atoms. The Bertz CT molecular complexity index is 321. The molecule has 1 aliphatic rings. The molecule has 4 nitrogen and oxygen atoms in total. The van der Waals surface area contributed by atoms with E-state index in [0.717, 1.165) is 18.1 Å². The van der Waals surface area contributed by atoms with Gasteiger partial charge in [-0.3, -0.25) is 4.79 Å². The Balaban J connectivity index is 1.76. The third-order valence-corrected chi connectivity index (χ3v) is 3.61. The zero-order chi connectivity index (χ0) is 10.7. The molecule has 0 radical (unpaired) electrons. The van der Waals surface area contributed by atoms with Crippen molar-refractivity contribution in [3.8, 4) is 0 Å². The minimum Gasteiger partial charge on any atom is -0.349 e. The molecule has 1 amide bonds. The third kappa shape index (κ3) is 2.54. The van der Waals surface area contributed by atoms with Gasteiger partial charge in [0, 0.05) is 17.5 Å². The van der Waals surface area contributed by atoms with E-state index in [-0.39, 0.29) is 11.8 Å². The molecule has 2 N–H and O–H groups in total. The van der Waals surface area contributed by atoms with Crippen LogP contribution in [-0.4, -0.2) is 24.0 Å². The van der Waals surface area contributed by atoms with E-state index in [1.165, 1.54) is 0 Å². The van der Waals surface area contributed by atoms with Crippen LogP contribution in [0, 0.1) is 11.8 Å². The highest BCUT2D eigenvalue weighted by Gasteiger charge is 2.28. The van der Waals surface area contributed by atoms with Gasteiger partial charge in [0.2, 0.25) is 5.91 Å². The average molecular weight is 225 g/mol. The summed E-state index contributed by atoms with van der Waals surface area (Å²) in [7, 11) is 0. The number of hydrogen-bond acceptors (Lipinski definition) is 4. The van der Waals surface area contributed by atoms with Crippen molar-refractivity contribution in [2.24, 2.45) is 11.8 Å². The Labute approximate surface area is 93.1 Å². The van der Waals surface area contributed by atoms with Gasteiger partial charge < -0.3 is 10.6 Å². The molecule has 0 saturated carbocycles. The van der Waals surface area contributed by atoms with Crippen molar-refractivity contribution in [1.82, 2.24) is 15.6 Å². The summed E-state index contributed by atoms with van der Waals surface area (Å²) in [6, 6.07) is 0. The molecule has 0 aliphatic carbocycles. The van der Waals surface area contributed by atoms with E-state index in [2.05, 4.69) is 15.6 Å². The monoisotopic (exact) mass is 225 g/mol. The SMILES string of the molecule is CC(C(=O)NCc1nccs1)C1CNC1. The second kappa shape index (κ2) is 4.72. The summed E-state index contributed by atoms with van der Waals surface area (Å²) in [6.07, 6.45) is 1.76. The van der Waals surface area contributed by atoms with Gasteiger partial charge in [-0.15, -0.1) is 11.3 Å². The standard InChI is InChI=1S/C10H15N3OS/c1-7(8-4-11-5-8)10(14)13-6-9-12-2-3-15-9/h2-3,7-8,11H,4-6H2,1H3,(H,13,14). The molecule has 1 atom stereocenters. The Morgan fingerprint density at radius 1 is 1.80 bits per heavy atom. The summed E-state index contributed by atoms with van der Waals surface area (Å²) in [5.74, 6) is 0.740. The number of carbonyl (C=O) groups excluding carboxylic acids is 1. The molecule has 2 rings (SSSR count). The maximum atomic E-state index is 11.7. The number of thiazole rings is 1. The molecule has 2 heterocycles. The molecular formula is C10H15N3OS. The molecule has 0 aromatic carbocycles. The van der Waals surface area contributed by atoms with Crippen molar-refractivity contribution in [3.63, 3.8) is 0 Å². The minimum absolute atomic E-state index is 0.103. The van der Waals surface area contributed by atoms with Crippen LogP contribution in [0.3, 0.4) is 0 Å². The van der Waals surface area contributed by atoms with Gasteiger partial charge in [-0.05, 0) is 19.0 Å². The van der Waals surface area contributed by atoms with Crippen LogP contribution in [-0.2, 0) is 11.3 Å². The van der Waals surface area contributed by atoms with E-state index in [0.29, 0.717) is 12.5 Å². The summed E-state index contributed by atoms with van der Waals surface area (Å²) in [4.78, 5) is 15.8. The highest BCUT2D eigenvalue weighted by atomic mass is 32.1. The summed E-state index contributed by atoms with van der Waals surface area (Å²) < 4.78 is 0. The van der Waals surface area contributed by atoms with E-state index in [1.54, 1.807) is 17.5 Å². The van der Waals surface area contributed by atoms with Crippen molar-refractivity contribution < 1.29 is 4.79 Å². The lowest BCUT2D eigenvalue weighted by atomic mass is 9.88. The van der Waals surface area contributed by atoms with Gasteiger partial charge in [-0.2, -0.15) is 0 Å². The first-order chi connectivity index (χ1) is 7.27. The van der Waals surface area contributed by atoms with E-state index in [9.17, 15) is 4.79 Å². The highest BCUT2D eigenvalue weighted by molar-refractivity contribution is 7.09. The normalized spacial score (nSPS) is 18.2. The summed E-state index contributed by atoms with van der Waals surface area (Å²) in [5, 5.41) is 8.97. The quantitative estimate of drug-likeness (QED) is 0.789. The van der Waals surface area contributed by atoms with Gasteiger partial charge in [0.1, 0.15) is 5.01 Å². The van der Waals surface area contributed by atoms with Gasteiger partial charge in [0.25, 0.3) is 0 Å². The van der Waals surface area contributed by atoms with Crippen LogP contribution in [0.4, 0.5) is 0 Å². The number of rotatable bonds is 4. The van der Waals surface area contributed by atoms with E-state index < -0.39 is 0 Å². The number of carbonyl (C=O) groups is 1. The van der Waals surface area contributed by atoms with Gasteiger partial charge >= 0.3 is 0 Å². The van der Waals surface area contributed by atoms with Crippen LogP contribution in [0.1, 0.15) is 11.9 Å². The number of hydrogen-bond donors (Lipinski definition) is 2. The molecule has 1 aromatic heterocycles. The maximum absolute atomic E-state index is 11.7. The second-order valence-electron chi connectivity index (χ2n) is 3.85. The number of aromatic nitrogens is 1. The fourth-order valence-electron chi connectivity index (χ4n) is 1.54. The van der Waals surface area contributed by atoms with Gasteiger partial charge in [0.15, 0.2) is 0 Å². The minimum atomic E-state index is 0.103. The lowest BCUT2D eigenvalue weighted by molar-refractivity contribution is -0.126. The lowest BCUT2D eigenvalue weighted by Crippen LogP contribution is -2.49. The fourth-order valence-corrected chi connectivity index (χ4v) is 2.10. The first kappa shape index (κ1) is 10.6. The largest absolute Gasteiger partial charge is 0.349 e. The van der Waals surface area contributed by atoms with Crippen LogP contribution < -0.4 is 10.6 Å². The van der Waals surface area contributed by atoms with Crippen LogP contribution in [0.25, 0.3) is 0 Å². The van der Waals surface area contributed by atoms with E-state index in [1.807, 2.05) is 12.3 Å². The van der Waals surface area contributed by atoms with E-state index in [4.69, 9.17) is 0 Å². The third-order valence-electron chi connectivity index (χ3n) is 2.83. The number of nitrogens with one attached hydrogen (secondary N) is 2. The van der Waals surface area contributed by atoms with Crippen molar-refractivity contribution >= 4 is 17.2 Å². The Hall–Kier alpha value is -0.940.